The van der Waals surface area contributed by atoms with Gasteiger partial charge in [-0.3, -0.25) is 0 Å². The van der Waals surface area contributed by atoms with Crippen molar-refractivity contribution >= 4 is 12.1 Å². The summed E-state index contributed by atoms with van der Waals surface area (Å²) in [6.45, 7) is 1.62. The monoisotopic (exact) mass is 467 g/mol. The molecule has 0 radical (unpaired) electrons. The number of benzene rings is 2. The van der Waals surface area contributed by atoms with Crippen LogP contribution in [0.25, 0.3) is 0 Å². The first-order chi connectivity index (χ1) is 16.5. The van der Waals surface area contributed by atoms with Gasteiger partial charge < -0.3 is 28.8 Å². The maximum atomic E-state index is 12.3. The fourth-order valence-corrected chi connectivity index (χ4v) is 2.93. The Morgan fingerprint density at radius 1 is 0.941 bits per heavy atom. The SMILES string of the molecule is O=C(Oc1ccc(OCC2CO2)cc1)c1cn(C(=O)Oc2ccc(OCC3CC3O)cc2)nn1. The van der Waals surface area contributed by atoms with Crippen molar-refractivity contribution in [3.63, 3.8) is 0 Å². The number of carbonyl (C=O) groups is 2. The van der Waals surface area contributed by atoms with Crippen LogP contribution < -0.4 is 18.9 Å². The highest BCUT2D eigenvalue weighted by Crippen LogP contribution is 2.30. The minimum absolute atomic E-state index is 0.146. The maximum absolute atomic E-state index is 12.3. The van der Waals surface area contributed by atoms with Crippen molar-refractivity contribution in [2.45, 2.75) is 18.6 Å². The normalized spacial score (nSPS) is 20.3. The number of hydrogen-bond donors (Lipinski definition) is 1. The highest BCUT2D eigenvalue weighted by molar-refractivity contribution is 5.89. The average molecular weight is 467 g/mol. The van der Waals surface area contributed by atoms with Gasteiger partial charge in [-0.1, -0.05) is 5.21 Å². The van der Waals surface area contributed by atoms with E-state index in [0.29, 0.717) is 31.3 Å². The molecule has 1 N–H and O–H groups in total. The summed E-state index contributed by atoms with van der Waals surface area (Å²) in [6.07, 6.45) is 0.894. The van der Waals surface area contributed by atoms with Crippen molar-refractivity contribution in [3.05, 3.63) is 60.4 Å². The lowest BCUT2D eigenvalue weighted by Gasteiger charge is -2.07. The second-order valence-electron chi connectivity index (χ2n) is 7.89. The van der Waals surface area contributed by atoms with Crippen LogP contribution in [0.2, 0.25) is 0 Å². The van der Waals surface area contributed by atoms with Crippen molar-refractivity contribution in [2.75, 3.05) is 19.8 Å². The van der Waals surface area contributed by atoms with Crippen LogP contribution in [0.3, 0.4) is 0 Å². The Kier molecular flexibility index (Phi) is 6.11. The number of aliphatic hydroxyl groups excluding tert-OH is 1. The summed E-state index contributed by atoms with van der Waals surface area (Å²) in [6, 6.07) is 12.9. The van der Waals surface area contributed by atoms with Crippen LogP contribution >= 0.6 is 0 Å². The van der Waals surface area contributed by atoms with Crippen molar-refractivity contribution < 1.29 is 38.4 Å². The number of epoxide rings is 1. The predicted octanol–water partition coefficient (Wildman–Crippen LogP) is 2.08. The van der Waals surface area contributed by atoms with Gasteiger partial charge in [0.1, 0.15) is 35.7 Å². The molecule has 1 aliphatic heterocycles. The molecule has 0 spiro atoms. The molecular formula is C23H21N3O8. The number of hydrogen-bond acceptors (Lipinski definition) is 10. The summed E-state index contributed by atoms with van der Waals surface area (Å²) in [4.78, 5) is 24.6. The number of aliphatic hydroxyl groups is 1. The Morgan fingerprint density at radius 3 is 2.09 bits per heavy atom. The molecule has 2 aliphatic rings. The van der Waals surface area contributed by atoms with Gasteiger partial charge in [0.25, 0.3) is 0 Å². The summed E-state index contributed by atoms with van der Waals surface area (Å²) in [5.41, 5.74) is -0.158. The zero-order valence-electron chi connectivity index (χ0n) is 17.9. The molecule has 0 amide bonds. The van der Waals surface area contributed by atoms with Crippen LogP contribution in [0.15, 0.2) is 54.7 Å². The molecule has 3 atom stereocenters. The van der Waals surface area contributed by atoms with Gasteiger partial charge in [-0.15, -0.1) is 5.10 Å². The number of rotatable bonds is 9. The van der Waals surface area contributed by atoms with Crippen molar-refractivity contribution in [2.24, 2.45) is 5.92 Å². The molecular weight excluding hydrogens is 446 g/mol. The molecule has 5 rings (SSSR count). The molecule has 11 nitrogen and oxygen atoms in total. The highest BCUT2D eigenvalue weighted by Gasteiger charge is 2.35. The molecule has 1 aliphatic carbocycles. The van der Waals surface area contributed by atoms with Gasteiger partial charge in [-0.05, 0) is 55.0 Å². The lowest BCUT2D eigenvalue weighted by atomic mass is 10.3. The van der Waals surface area contributed by atoms with Gasteiger partial charge >= 0.3 is 12.1 Å². The van der Waals surface area contributed by atoms with E-state index in [-0.39, 0.29) is 35.3 Å². The largest absolute Gasteiger partial charge is 0.493 e. The van der Waals surface area contributed by atoms with Crippen LogP contribution in [0, 0.1) is 5.92 Å². The average Bonchev–Trinajstić information content (AvgIpc) is 3.75. The van der Waals surface area contributed by atoms with Crippen molar-refractivity contribution in [1.82, 2.24) is 15.0 Å². The molecule has 176 valence electrons. The Hall–Kier alpha value is -3.96. The van der Waals surface area contributed by atoms with Gasteiger partial charge in [0, 0.05) is 5.92 Å². The van der Waals surface area contributed by atoms with Crippen LogP contribution in [0.4, 0.5) is 4.79 Å². The third-order valence-corrected chi connectivity index (χ3v) is 5.14. The molecule has 34 heavy (non-hydrogen) atoms. The molecule has 1 saturated carbocycles. The minimum Gasteiger partial charge on any atom is -0.493 e. The molecule has 3 aromatic rings. The fraction of sp³-hybridized carbons (Fsp3) is 0.304. The van der Waals surface area contributed by atoms with E-state index >= 15 is 0 Å². The smallest absolute Gasteiger partial charge is 0.441 e. The van der Waals surface area contributed by atoms with Crippen LogP contribution in [0.5, 0.6) is 23.0 Å². The van der Waals surface area contributed by atoms with Gasteiger partial charge in [0.05, 0.1) is 25.5 Å². The molecule has 2 heterocycles. The Balaban J connectivity index is 1.11. The molecule has 2 fully saturated rings. The van der Waals surface area contributed by atoms with Gasteiger partial charge in [-0.2, -0.15) is 4.68 Å². The highest BCUT2D eigenvalue weighted by atomic mass is 16.6. The summed E-state index contributed by atoms with van der Waals surface area (Å²) in [7, 11) is 0. The number of nitrogens with zero attached hydrogens (tertiary/aromatic N) is 3. The fourth-order valence-electron chi connectivity index (χ4n) is 2.93. The summed E-state index contributed by atoms with van der Waals surface area (Å²) in [5.74, 6) is 1.18. The molecule has 2 aromatic carbocycles. The van der Waals surface area contributed by atoms with E-state index < -0.39 is 12.1 Å². The van der Waals surface area contributed by atoms with E-state index in [1.54, 1.807) is 48.5 Å². The third-order valence-electron chi connectivity index (χ3n) is 5.14. The molecule has 1 saturated heterocycles. The van der Waals surface area contributed by atoms with Crippen LogP contribution in [-0.4, -0.2) is 64.2 Å². The summed E-state index contributed by atoms with van der Waals surface area (Å²) < 4.78 is 27.5. The zero-order chi connectivity index (χ0) is 23.5. The number of aromatic nitrogens is 3. The number of carbonyl (C=O) groups excluding carboxylic acids is 2. The van der Waals surface area contributed by atoms with Crippen LogP contribution in [-0.2, 0) is 4.74 Å². The number of ether oxygens (including phenoxy) is 5. The first-order valence-corrected chi connectivity index (χ1v) is 10.7. The Labute approximate surface area is 193 Å². The molecule has 11 heteroatoms. The zero-order valence-corrected chi connectivity index (χ0v) is 17.9. The number of esters is 1. The van der Waals surface area contributed by atoms with E-state index in [1.165, 1.54) is 0 Å². The Bertz CT molecular complexity index is 1160. The van der Waals surface area contributed by atoms with E-state index in [9.17, 15) is 14.7 Å². The third kappa shape index (κ3) is 5.69. The second-order valence-corrected chi connectivity index (χ2v) is 7.89. The van der Waals surface area contributed by atoms with Crippen LogP contribution in [0.1, 0.15) is 16.9 Å². The lowest BCUT2D eigenvalue weighted by molar-refractivity contribution is 0.0728. The first-order valence-electron chi connectivity index (χ1n) is 10.7. The molecule has 0 bridgehead atoms. The van der Waals surface area contributed by atoms with Crippen molar-refractivity contribution in [3.8, 4) is 23.0 Å². The topological polar surface area (TPSA) is 135 Å². The van der Waals surface area contributed by atoms with Gasteiger partial charge in [0.15, 0.2) is 5.69 Å². The predicted molar refractivity (Wildman–Crippen MR) is 114 cm³/mol. The van der Waals surface area contributed by atoms with Gasteiger partial charge in [-0.25, -0.2) is 9.59 Å². The lowest BCUT2D eigenvalue weighted by Crippen LogP contribution is -2.17. The second kappa shape index (κ2) is 9.49. The van der Waals surface area contributed by atoms with E-state index in [0.717, 1.165) is 17.3 Å². The summed E-state index contributed by atoms with van der Waals surface area (Å²) in [5, 5.41) is 16.6. The molecule has 1 aromatic heterocycles. The molecule has 3 unspecified atom stereocenters. The van der Waals surface area contributed by atoms with E-state index in [4.69, 9.17) is 23.7 Å². The van der Waals surface area contributed by atoms with E-state index in [1.807, 2.05) is 0 Å². The maximum Gasteiger partial charge on any atom is 0.441 e. The minimum atomic E-state index is -0.845. The first kappa shape index (κ1) is 21.9. The summed E-state index contributed by atoms with van der Waals surface area (Å²) >= 11 is 0. The van der Waals surface area contributed by atoms with E-state index in [2.05, 4.69) is 10.3 Å². The quantitative estimate of drug-likeness (QED) is 0.283. The van der Waals surface area contributed by atoms with Crippen molar-refractivity contribution in [1.29, 1.82) is 0 Å². The Morgan fingerprint density at radius 2 is 1.50 bits per heavy atom. The van der Waals surface area contributed by atoms with Gasteiger partial charge in [0.2, 0.25) is 0 Å². The standard InChI is InChI=1S/C23H21N3O8/c27-21-9-14(21)11-30-15-3-7-18(8-4-15)34-23(29)26-10-20(24-25-26)22(28)33-17-5-1-16(2-6-17)31-12-19-13-32-19/h1-8,10,14,19,21,27H,9,11-13H2.